The maximum atomic E-state index is 10.5. The topological polar surface area (TPSA) is 26.3 Å². The molecule has 4 heteroatoms. The average Bonchev–Trinajstić information content (AvgIpc) is 2.02. The van der Waals surface area contributed by atoms with Gasteiger partial charge in [-0.15, -0.1) is 0 Å². The highest BCUT2D eigenvalue weighted by Gasteiger charge is 1.93. The van der Waals surface area contributed by atoms with Crippen LogP contribution in [0.2, 0.25) is 0 Å². The molecule has 72 valence electrons. The lowest BCUT2D eigenvalue weighted by Gasteiger charge is -2.01. The third-order valence-electron chi connectivity index (χ3n) is 1.21. The van der Waals surface area contributed by atoms with Crippen LogP contribution in [0.1, 0.15) is 19.8 Å². The maximum Gasteiger partial charge on any atom is 0.150 e. The van der Waals surface area contributed by atoms with Gasteiger partial charge in [0.15, 0.2) is 5.52 Å². The Labute approximate surface area is 81.0 Å². The van der Waals surface area contributed by atoms with Crippen molar-refractivity contribution in [3.8, 4) is 0 Å². The van der Waals surface area contributed by atoms with Crippen LogP contribution in [0.3, 0.4) is 0 Å². The molecule has 0 aromatic carbocycles. The lowest BCUT2D eigenvalue weighted by molar-refractivity contribution is -0.112. The first-order chi connectivity index (χ1) is 5.77. The van der Waals surface area contributed by atoms with E-state index in [-0.39, 0.29) is 5.52 Å². The molecule has 0 aromatic heterocycles. The highest BCUT2D eigenvalue weighted by Crippen LogP contribution is 2.01. The summed E-state index contributed by atoms with van der Waals surface area (Å²) >= 11 is 1.90. The van der Waals surface area contributed by atoms with Gasteiger partial charge in [0.25, 0.3) is 0 Å². The summed E-state index contributed by atoms with van der Waals surface area (Å²) in [6, 6.07) is 0. The van der Waals surface area contributed by atoms with Crippen molar-refractivity contribution < 1.29 is 9.53 Å². The van der Waals surface area contributed by atoms with Crippen LogP contribution in [0.4, 0.5) is 0 Å². The second kappa shape index (κ2) is 9.50. The Balaban J connectivity index is 2.86. The van der Waals surface area contributed by atoms with Crippen molar-refractivity contribution in [3.63, 3.8) is 0 Å². The number of hydrogen-bond donors (Lipinski definition) is 0. The molecule has 2 nitrogen and oxygen atoms in total. The Bertz CT molecular complexity index is 120. The van der Waals surface area contributed by atoms with E-state index in [1.165, 1.54) is 12.2 Å². The summed E-state index contributed by atoms with van der Waals surface area (Å²) in [5, 5.41) is 0. The number of carbonyl (C=O) groups is 1. The van der Waals surface area contributed by atoms with Crippen molar-refractivity contribution in [1.29, 1.82) is 0 Å². The van der Waals surface area contributed by atoms with Crippen LogP contribution >= 0.6 is 21.0 Å². The van der Waals surface area contributed by atoms with E-state index >= 15 is 0 Å². The van der Waals surface area contributed by atoms with E-state index in [1.807, 2.05) is 11.8 Å². The number of hydrogen-bond acceptors (Lipinski definition) is 3. The van der Waals surface area contributed by atoms with Crippen molar-refractivity contribution >= 4 is 26.5 Å². The molecule has 12 heavy (non-hydrogen) atoms. The molecule has 0 radical (unpaired) electrons. The van der Waals surface area contributed by atoms with Gasteiger partial charge in [0.2, 0.25) is 0 Å². The predicted octanol–water partition coefficient (Wildman–Crippen LogP) is 1.94. The quantitative estimate of drug-likeness (QED) is 0.450. The van der Waals surface area contributed by atoms with Crippen molar-refractivity contribution in [2.45, 2.75) is 19.8 Å². The molecule has 0 amide bonds. The van der Waals surface area contributed by atoms with Crippen LogP contribution in [0.15, 0.2) is 0 Å². The smallest absolute Gasteiger partial charge is 0.150 e. The Morgan fingerprint density at radius 1 is 1.42 bits per heavy atom. The number of thioether (sulfide) groups is 1. The fourth-order valence-electron chi connectivity index (χ4n) is 0.639. The van der Waals surface area contributed by atoms with Crippen LogP contribution in [0, 0.1) is 0 Å². The first kappa shape index (κ1) is 12.4. The molecule has 1 atom stereocenters. The maximum absolute atomic E-state index is 10.5. The van der Waals surface area contributed by atoms with Gasteiger partial charge in [0.1, 0.15) is 0 Å². The van der Waals surface area contributed by atoms with Crippen LogP contribution in [-0.2, 0) is 9.53 Å². The molecule has 0 aliphatic rings. The molecule has 0 saturated heterocycles. The van der Waals surface area contributed by atoms with Crippen LogP contribution in [0.25, 0.3) is 0 Å². The predicted molar refractivity (Wildman–Crippen MR) is 57.8 cm³/mol. The molecule has 0 spiro atoms. The summed E-state index contributed by atoms with van der Waals surface area (Å²) < 4.78 is 5.24. The van der Waals surface area contributed by atoms with Crippen molar-refractivity contribution in [2.24, 2.45) is 0 Å². The number of ether oxygens (including phenoxy) is 1. The third-order valence-corrected chi connectivity index (χ3v) is 2.65. The molecule has 1 unspecified atom stereocenters. The first-order valence-corrected chi connectivity index (χ1v) is 5.94. The first-order valence-electron chi connectivity index (χ1n) is 4.21. The molecule has 0 aromatic rings. The Morgan fingerprint density at radius 3 is 2.75 bits per heavy atom. The monoisotopic (exact) mass is 208 g/mol. The summed E-state index contributed by atoms with van der Waals surface area (Å²) in [6.45, 7) is 3.50. The van der Waals surface area contributed by atoms with Crippen molar-refractivity contribution in [3.05, 3.63) is 0 Å². The molecule has 0 N–H and O–H groups in total. The molecule has 0 aliphatic heterocycles. The van der Waals surface area contributed by atoms with E-state index in [0.717, 1.165) is 12.4 Å². The normalized spacial score (nSPS) is 10.2. The standard InChI is InChI=1S/C8H17O2PS/c1-2-6-12-7-5-10-4-3-8(9)11/h2-7,11H2,1H3. The molecule has 0 heterocycles. The van der Waals surface area contributed by atoms with Gasteiger partial charge in [-0.05, 0) is 12.2 Å². The van der Waals surface area contributed by atoms with Gasteiger partial charge >= 0.3 is 0 Å². The minimum absolute atomic E-state index is 0.121. The SMILES string of the molecule is CCCSCCOCCC(=O)P. The average molecular weight is 208 g/mol. The highest BCUT2D eigenvalue weighted by molar-refractivity contribution is 7.99. The second-order valence-corrected chi connectivity index (χ2v) is 4.31. The summed E-state index contributed by atoms with van der Waals surface area (Å²) in [5.41, 5.74) is 0.121. The zero-order valence-electron chi connectivity index (χ0n) is 7.54. The molecule has 0 saturated carbocycles. The van der Waals surface area contributed by atoms with E-state index in [2.05, 4.69) is 16.2 Å². The molecule has 0 fully saturated rings. The van der Waals surface area contributed by atoms with Gasteiger partial charge in [-0.1, -0.05) is 16.2 Å². The van der Waals surface area contributed by atoms with Crippen LogP contribution in [0.5, 0.6) is 0 Å². The van der Waals surface area contributed by atoms with Gasteiger partial charge in [0, 0.05) is 12.2 Å². The molecule has 0 aliphatic carbocycles. The van der Waals surface area contributed by atoms with Gasteiger partial charge in [-0.25, -0.2) is 0 Å². The minimum Gasteiger partial charge on any atom is -0.380 e. The summed E-state index contributed by atoms with van der Waals surface area (Å²) in [7, 11) is 2.15. The fourth-order valence-corrected chi connectivity index (χ4v) is 1.49. The summed E-state index contributed by atoms with van der Waals surface area (Å²) in [4.78, 5) is 10.5. The molecular formula is C8H17O2PS. The zero-order chi connectivity index (χ0) is 9.23. The largest absolute Gasteiger partial charge is 0.380 e. The van der Waals surface area contributed by atoms with E-state index < -0.39 is 0 Å². The van der Waals surface area contributed by atoms with Gasteiger partial charge in [0.05, 0.1) is 13.2 Å². The summed E-state index contributed by atoms with van der Waals surface area (Å²) in [5.74, 6) is 2.24. The highest BCUT2D eigenvalue weighted by atomic mass is 32.2. The van der Waals surface area contributed by atoms with E-state index in [4.69, 9.17) is 4.74 Å². The fraction of sp³-hybridized carbons (Fsp3) is 0.875. The number of rotatable bonds is 8. The molecule has 0 rings (SSSR count). The molecular weight excluding hydrogens is 191 g/mol. The second-order valence-electron chi connectivity index (χ2n) is 2.44. The van der Waals surface area contributed by atoms with Gasteiger partial charge in [-0.2, -0.15) is 11.8 Å². The van der Waals surface area contributed by atoms with Crippen LogP contribution < -0.4 is 0 Å². The van der Waals surface area contributed by atoms with Gasteiger partial charge in [-0.3, -0.25) is 4.79 Å². The van der Waals surface area contributed by atoms with Crippen LogP contribution in [-0.4, -0.2) is 30.2 Å². The Hall–Kier alpha value is 0.410. The lowest BCUT2D eigenvalue weighted by Crippen LogP contribution is -2.02. The Kier molecular flexibility index (Phi) is 9.82. The molecule has 0 bridgehead atoms. The third kappa shape index (κ3) is 10.4. The van der Waals surface area contributed by atoms with Crippen molar-refractivity contribution in [2.75, 3.05) is 24.7 Å². The zero-order valence-corrected chi connectivity index (χ0v) is 9.52. The Morgan fingerprint density at radius 2 is 2.17 bits per heavy atom. The minimum atomic E-state index is 0.121. The van der Waals surface area contributed by atoms with Crippen molar-refractivity contribution in [1.82, 2.24) is 0 Å². The van der Waals surface area contributed by atoms with E-state index in [1.54, 1.807) is 0 Å². The summed E-state index contributed by atoms with van der Waals surface area (Å²) in [6.07, 6.45) is 1.73. The lowest BCUT2D eigenvalue weighted by atomic mass is 10.5. The van der Waals surface area contributed by atoms with Gasteiger partial charge < -0.3 is 4.74 Å². The number of carbonyl (C=O) groups excluding carboxylic acids is 1. The van der Waals surface area contributed by atoms with E-state index in [9.17, 15) is 4.79 Å². The van der Waals surface area contributed by atoms with E-state index in [0.29, 0.717) is 13.0 Å².